The summed E-state index contributed by atoms with van der Waals surface area (Å²) in [7, 11) is -3.86. The van der Waals surface area contributed by atoms with Crippen molar-refractivity contribution < 1.29 is 22.0 Å². The Labute approximate surface area is 151 Å². The summed E-state index contributed by atoms with van der Waals surface area (Å²) in [4.78, 5) is 13.9. The van der Waals surface area contributed by atoms with Crippen LogP contribution in [0.15, 0.2) is 17.0 Å². The van der Waals surface area contributed by atoms with E-state index in [-0.39, 0.29) is 17.6 Å². The second-order valence-electron chi connectivity index (χ2n) is 6.89. The van der Waals surface area contributed by atoms with Crippen LogP contribution in [0.25, 0.3) is 0 Å². The number of nitrogens with one attached hydrogen (secondary N) is 2. The van der Waals surface area contributed by atoms with Crippen molar-refractivity contribution in [3.8, 4) is 0 Å². The van der Waals surface area contributed by atoms with Gasteiger partial charge in [-0.15, -0.1) is 0 Å². The monoisotopic (exact) mass is 387 g/mol. The molecule has 2 heterocycles. The molecule has 1 atom stereocenters. The van der Waals surface area contributed by atoms with E-state index in [2.05, 4.69) is 10.6 Å². The molecule has 6 nitrogen and oxygen atoms in total. The number of sulfone groups is 1. The van der Waals surface area contributed by atoms with Gasteiger partial charge in [0.25, 0.3) is 0 Å². The smallest absolute Gasteiger partial charge is 0.245 e. The number of anilines is 1. The lowest BCUT2D eigenvalue weighted by molar-refractivity contribution is -0.137. The van der Waals surface area contributed by atoms with Crippen LogP contribution in [0.5, 0.6) is 0 Å². The third-order valence-corrected chi connectivity index (χ3v) is 6.09. The lowest BCUT2D eigenvalue weighted by atomic mass is 9.98. The first-order valence-corrected chi connectivity index (χ1v) is 10.6. The van der Waals surface area contributed by atoms with Gasteiger partial charge in [0.1, 0.15) is 22.6 Å². The maximum Gasteiger partial charge on any atom is 0.245 e. The molecule has 2 N–H and O–H groups in total. The zero-order valence-electron chi connectivity index (χ0n) is 14.6. The van der Waals surface area contributed by atoms with Crippen LogP contribution in [-0.4, -0.2) is 57.2 Å². The third-order valence-electron chi connectivity index (χ3n) is 4.97. The Kier molecular flexibility index (Phi) is 5.47. The van der Waals surface area contributed by atoms with E-state index >= 15 is 0 Å². The van der Waals surface area contributed by atoms with Crippen LogP contribution >= 0.6 is 0 Å². The van der Waals surface area contributed by atoms with Crippen LogP contribution in [0.2, 0.25) is 0 Å². The number of likely N-dealkylation sites (tertiary alicyclic amines) is 1. The van der Waals surface area contributed by atoms with Gasteiger partial charge in [-0.3, -0.25) is 4.79 Å². The molecule has 1 unspecified atom stereocenters. The molecule has 0 spiro atoms. The van der Waals surface area contributed by atoms with E-state index in [0.29, 0.717) is 19.0 Å². The van der Waals surface area contributed by atoms with E-state index in [1.807, 2.05) is 4.90 Å². The van der Waals surface area contributed by atoms with E-state index in [9.17, 15) is 22.0 Å². The summed E-state index contributed by atoms with van der Waals surface area (Å²) in [5.74, 6) is -2.04. The van der Waals surface area contributed by atoms with Gasteiger partial charge in [0.05, 0.1) is 5.69 Å². The number of rotatable bonds is 4. The maximum absolute atomic E-state index is 14.3. The van der Waals surface area contributed by atoms with Crippen molar-refractivity contribution in [1.82, 2.24) is 10.2 Å². The highest BCUT2D eigenvalue weighted by molar-refractivity contribution is 7.90. The summed E-state index contributed by atoms with van der Waals surface area (Å²) in [6.07, 6.45) is 3.88. The van der Waals surface area contributed by atoms with Gasteiger partial charge in [-0.2, -0.15) is 0 Å². The maximum atomic E-state index is 14.3. The van der Waals surface area contributed by atoms with Crippen LogP contribution in [0.3, 0.4) is 0 Å². The van der Waals surface area contributed by atoms with E-state index in [0.717, 1.165) is 44.7 Å². The zero-order valence-corrected chi connectivity index (χ0v) is 15.4. The summed E-state index contributed by atoms with van der Waals surface area (Å²) in [5, 5.41) is 6.03. The highest BCUT2D eigenvalue weighted by Crippen LogP contribution is 2.26. The number of hydrogen-bond acceptors (Lipinski definition) is 5. The molecule has 0 aliphatic carbocycles. The fraction of sp³-hybridized carbons (Fsp3) is 0.588. The number of piperidine rings is 2. The normalized spacial score (nSPS) is 22.5. The molecule has 2 fully saturated rings. The van der Waals surface area contributed by atoms with E-state index < -0.39 is 32.4 Å². The Morgan fingerprint density at radius 3 is 2.50 bits per heavy atom. The number of hydrogen-bond donors (Lipinski definition) is 2. The molecular weight excluding hydrogens is 364 g/mol. The van der Waals surface area contributed by atoms with E-state index in [1.165, 1.54) is 0 Å². The van der Waals surface area contributed by atoms with E-state index in [4.69, 9.17) is 0 Å². The van der Waals surface area contributed by atoms with Crippen LogP contribution in [0, 0.1) is 11.6 Å². The molecule has 3 rings (SSSR count). The molecule has 2 aliphatic heterocycles. The van der Waals surface area contributed by atoms with Gasteiger partial charge >= 0.3 is 0 Å². The molecule has 1 aromatic rings. The third kappa shape index (κ3) is 3.98. The minimum atomic E-state index is -3.86. The van der Waals surface area contributed by atoms with Gasteiger partial charge < -0.3 is 15.5 Å². The Morgan fingerprint density at radius 2 is 1.85 bits per heavy atom. The summed E-state index contributed by atoms with van der Waals surface area (Å²) < 4.78 is 51.3. The van der Waals surface area contributed by atoms with Crippen molar-refractivity contribution >= 4 is 21.4 Å². The molecule has 2 aliphatic rings. The van der Waals surface area contributed by atoms with Crippen molar-refractivity contribution in [2.24, 2.45) is 0 Å². The average Bonchev–Trinajstić information content (AvgIpc) is 2.59. The van der Waals surface area contributed by atoms with Crippen molar-refractivity contribution in [3.63, 3.8) is 0 Å². The predicted molar refractivity (Wildman–Crippen MR) is 93.7 cm³/mol. The van der Waals surface area contributed by atoms with Crippen molar-refractivity contribution in [2.45, 2.75) is 42.7 Å². The van der Waals surface area contributed by atoms with Gasteiger partial charge in [-0.1, -0.05) is 0 Å². The van der Waals surface area contributed by atoms with Gasteiger partial charge in [0, 0.05) is 24.9 Å². The molecule has 26 heavy (non-hydrogen) atoms. The highest BCUT2D eigenvalue weighted by atomic mass is 32.2. The molecule has 0 radical (unpaired) electrons. The number of halogens is 2. The largest absolute Gasteiger partial charge is 0.371 e. The molecule has 9 heteroatoms. The number of carbonyl (C=O) groups is 1. The van der Waals surface area contributed by atoms with Crippen molar-refractivity contribution in [3.05, 3.63) is 23.8 Å². The van der Waals surface area contributed by atoms with Gasteiger partial charge in [-0.25, -0.2) is 17.2 Å². The first kappa shape index (κ1) is 19.0. The minimum absolute atomic E-state index is 0.116. The number of amides is 1. The van der Waals surface area contributed by atoms with Crippen LogP contribution < -0.4 is 10.6 Å². The molecule has 144 valence electrons. The lowest BCUT2D eigenvalue weighted by Gasteiger charge is -2.40. The fourth-order valence-electron chi connectivity index (χ4n) is 3.63. The molecular formula is C17H23F2N3O3S. The SMILES string of the molecule is CS(=O)(=O)c1cc(F)c(NC2CCCN(C3CCNCC3)C2=O)cc1F. The van der Waals surface area contributed by atoms with Crippen LogP contribution in [0.1, 0.15) is 25.7 Å². The summed E-state index contributed by atoms with van der Waals surface area (Å²) in [6, 6.07) is 0.993. The van der Waals surface area contributed by atoms with Gasteiger partial charge in [-0.05, 0) is 44.8 Å². The Bertz CT molecular complexity index is 795. The second-order valence-corrected chi connectivity index (χ2v) is 8.87. The van der Waals surface area contributed by atoms with Crippen LogP contribution in [0.4, 0.5) is 14.5 Å². The Hall–Kier alpha value is -1.74. The molecule has 0 saturated carbocycles. The quantitative estimate of drug-likeness (QED) is 0.819. The summed E-state index contributed by atoms with van der Waals surface area (Å²) in [6.45, 7) is 2.39. The Balaban J connectivity index is 1.77. The van der Waals surface area contributed by atoms with Gasteiger partial charge in [0.15, 0.2) is 9.84 Å². The summed E-state index contributed by atoms with van der Waals surface area (Å²) in [5.41, 5.74) is -0.194. The molecule has 1 amide bonds. The number of benzene rings is 1. The topological polar surface area (TPSA) is 78.5 Å². The summed E-state index contributed by atoms with van der Waals surface area (Å²) >= 11 is 0. The predicted octanol–water partition coefficient (Wildman–Crippen LogP) is 1.52. The zero-order chi connectivity index (χ0) is 18.9. The minimum Gasteiger partial charge on any atom is -0.371 e. The van der Waals surface area contributed by atoms with Gasteiger partial charge in [0.2, 0.25) is 5.91 Å². The molecule has 1 aromatic carbocycles. The standard InChI is InChI=1S/C17H23F2N3O3S/c1-26(24,25)16-10-12(18)15(9-13(16)19)21-14-3-2-8-22(17(14)23)11-4-6-20-7-5-11/h9-11,14,20-21H,2-8H2,1H3. The number of nitrogens with zero attached hydrogens (tertiary/aromatic N) is 1. The lowest BCUT2D eigenvalue weighted by Crippen LogP contribution is -2.54. The second kappa shape index (κ2) is 7.48. The highest BCUT2D eigenvalue weighted by Gasteiger charge is 2.34. The molecule has 2 saturated heterocycles. The fourth-order valence-corrected chi connectivity index (χ4v) is 4.36. The van der Waals surface area contributed by atoms with Crippen molar-refractivity contribution in [2.75, 3.05) is 31.2 Å². The average molecular weight is 387 g/mol. The van der Waals surface area contributed by atoms with Crippen LogP contribution in [-0.2, 0) is 14.6 Å². The van der Waals surface area contributed by atoms with Crippen molar-refractivity contribution in [1.29, 1.82) is 0 Å². The first-order valence-electron chi connectivity index (χ1n) is 8.74. The van der Waals surface area contributed by atoms with E-state index in [1.54, 1.807) is 0 Å². The molecule has 0 aromatic heterocycles. The Morgan fingerprint density at radius 1 is 1.15 bits per heavy atom. The molecule has 0 bridgehead atoms. The number of carbonyl (C=O) groups excluding carboxylic acids is 1. The first-order chi connectivity index (χ1) is 12.3.